The first kappa shape index (κ1) is 7.03. The summed E-state index contributed by atoms with van der Waals surface area (Å²) in [7, 11) is 0. The van der Waals surface area contributed by atoms with E-state index in [0.717, 1.165) is 19.3 Å². The maximum Gasteiger partial charge on any atom is 0.116 e. The van der Waals surface area contributed by atoms with Gasteiger partial charge in [-0.2, -0.15) is 0 Å². The normalized spacial score (nSPS) is 45.0. The van der Waals surface area contributed by atoms with E-state index in [0.29, 0.717) is 0 Å². The second kappa shape index (κ2) is 2.27. The second-order valence-electron chi connectivity index (χ2n) is 3.14. The lowest BCUT2D eigenvalue weighted by Crippen LogP contribution is -2.47. The lowest BCUT2D eigenvalue weighted by Gasteiger charge is -2.34. The quantitative estimate of drug-likeness (QED) is 0.476. The van der Waals surface area contributed by atoms with E-state index in [1.807, 2.05) is 6.92 Å². The van der Waals surface area contributed by atoms with Crippen LogP contribution in [0.3, 0.4) is 0 Å². The van der Waals surface area contributed by atoms with Crippen LogP contribution in [0.1, 0.15) is 32.6 Å². The Hall–Kier alpha value is -0.0800. The molecule has 0 spiro atoms. The molecule has 2 nitrogen and oxygen atoms in total. The summed E-state index contributed by atoms with van der Waals surface area (Å²) in [6, 6.07) is 0. The molecule has 2 atom stereocenters. The van der Waals surface area contributed by atoms with Gasteiger partial charge >= 0.3 is 0 Å². The first-order chi connectivity index (χ1) is 4.13. The van der Waals surface area contributed by atoms with E-state index in [1.165, 1.54) is 6.42 Å². The molecule has 0 amide bonds. The van der Waals surface area contributed by atoms with Crippen LogP contribution in [0.15, 0.2) is 0 Å². The van der Waals surface area contributed by atoms with Gasteiger partial charge in [0.1, 0.15) is 5.72 Å². The molecule has 0 bridgehead atoms. The highest BCUT2D eigenvalue weighted by Gasteiger charge is 2.31. The van der Waals surface area contributed by atoms with Gasteiger partial charge in [-0.1, -0.05) is 13.3 Å². The first-order valence-electron chi connectivity index (χ1n) is 3.64. The van der Waals surface area contributed by atoms with E-state index in [1.54, 1.807) is 0 Å². The van der Waals surface area contributed by atoms with E-state index in [4.69, 9.17) is 5.73 Å². The highest BCUT2D eigenvalue weighted by atomic mass is 16.3. The standard InChI is InChI=1S/C7H15NO/c1-6-4-2-3-5-7(6,8)9/h6,9H,2-5,8H2,1H3. The molecule has 9 heavy (non-hydrogen) atoms. The molecule has 2 unspecified atom stereocenters. The van der Waals surface area contributed by atoms with Crippen LogP contribution in [-0.4, -0.2) is 10.8 Å². The monoisotopic (exact) mass is 129 g/mol. The molecule has 1 aliphatic rings. The Morgan fingerprint density at radius 1 is 1.56 bits per heavy atom. The van der Waals surface area contributed by atoms with Gasteiger partial charge in [-0.05, 0) is 25.2 Å². The molecule has 0 aromatic rings. The molecular formula is C7H15NO. The van der Waals surface area contributed by atoms with Crippen molar-refractivity contribution in [2.75, 3.05) is 0 Å². The largest absolute Gasteiger partial charge is 0.376 e. The fraction of sp³-hybridized carbons (Fsp3) is 1.00. The Kier molecular flexibility index (Phi) is 1.78. The number of nitrogens with two attached hydrogens (primary N) is 1. The Morgan fingerprint density at radius 3 is 2.56 bits per heavy atom. The molecule has 1 rings (SSSR count). The smallest absolute Gasteiger partial charge is 0.116 e. The van der Waals surface area contributed by atoms with Gasteiger partial charge in [-0.15, -0.1) is 0 Å². The van der Waals surface area contributed by atoms with Gasteiger partial charge in [0.05, 0.1) is 0 Å². The summed E-state index contributed by atoms with van der Waals surface area (Å²) in [5.41, 5.74) is 4.71. The zero-order valence-electron chi connectivity index (χ0n) is 5.93. The minimum atomic E-state index is -0.863. The van der Waals surface area contributed by atoms with Crippen LogP contribution in [-0.2, 0) is 0 Å². The molecule has 0 aromatic heterocycles. The van der Waals surface area contributed by atoms with Gasteiger partial charge in [0.15, 0.2) is 0 Å². The third-order valence-electron chi connectivity index (χ3n) is 2.32. The summed E-state index contributed by atoms with van der Waals surface area (Å²) in [6.07, 6.45) is 4.15. The lowest BCUT2D eigenvalue weighted by molar-refractivity contribution is -0.0353. The maximum atomic E-state index is 9.42. The van der Waals surface area contributed by atoms with Crippen molar-refractivity contribution in [3.8, 4) is 0 Å². The van der Waals surface area contributed by atoms with Gasteiger partial charge < -0.3 is 10.8 Å². The molecule has 54 valence electrons. The van der Waals surface area contributed by atoms with Crippen LogP contribution in [0.25, 0.3) is 0 Å². The summed E-state index contributed by atoms with van der Waals surface area (Å²) < 4.78 is 0. The fourth-order valence-corrected chi connectivity index (χ4v) is 1.36. The maximum absolute atomic E-state index is 9.42. The van der Waals surface area contributed by atoms with Crippen molar-refractivity contribution in [2.45, 2.75) is 38.3 Å². The van der Waals surface area contributed by atoms with Gasteiger partial charge in [-0.25, -0.2) is 0 Å². The van der Waals surface area contributed by atoms with Crippen molar-refractivity contribution in [3.05, 3.63) is 0 Å². The molecule has 2 heteroatoms. The summed E-state index contributed by atoms with van der Waals surface area (Å²) in [5, 5.41) is 9.42. The SMILES string of the molecule is CC1CCCCC1(N)O. The Morgan fingerprint density at radius 2 is 2.22 bits per heavy atom. The molecule has 1 fully saturated rings. The summed E-state index contributed by atoms with van der Waals surface area (Å²) in [4.78, 5) is 0. The molecule has 3 N–H and O–H groups in total. The number of hydrogen-bond acceptors (Lipinski definition) is 2. The minimum absolute atomic E-state index is 0.284. The average molecular weight is 129 g/mol. The molecular weight excluding hydrogens is 114 g/mol. The van der Waals surface area contributed by atoms with E-state index in [9.17, 15) is 5.11 Å². The first-order valence-corrected chi connectivity index (χ1v) is 3.64. The van der Waals surface area contributed by atoms with Gasteiger partial charge in [0, 0.05) is 0 Å². The predicted octanol–water partition coefficient (Wildman–Crippen LogP) is 0.844. The van der Waals surface area contributed by atoms with Crippen molar-refractivity contribution in [1.82, 2.24) is 0 Å². The van der Waals surface area contributed by atoms with Crippen LogP contribution >= 0.6 is 0 Å². The number of rotatable bonds is 0. The highest BCUT2D eigenvalue weighted by molar-refractivity contribution is 4.81. The van der Waals surface area contributed by atoms with Gasteiger partial charge in [0.25, 0.3) is 0 Å². The summed E-state index contributed by atoms with van der Waals surface area (Å²) >= 11 is 0. The third kappa shape index (κ3) is 1.43. The molecule has 0 radical (unpaired) electrons. The van der Waals surface area contributed by atoms with Gasteiger partial charge in [0.2, 0.25) is 0 Å². The van der Waals surface area contributed by atoms with Crippen LogP contribution < -0.4 is 5.73 Å². The third-order valence-corrected chi connectivity index (χ3v) is 2.32. The van der Waals surface area contributed by atoms with Crippen LogP contribution in [0.5, 0.6) is 0 Å². The lowest BCUT2D eigenvalue weighted by atomic mass is 9.83. The Bertz CT molecular complexity index is 101. The Labute approximate surface area is 56.1 Å². The van der Waals surface area contributed by atoms with Crippen LogP contribution in [0.2, 0.25) is 0 Å². The minimum Gasteiger partial charge on any atom is -0.376 e. The zero-order chi connectivity index (χ0) is 6.91. The number of hydrogen-bond donors (Lipinski definition) is 2. The number of aliphatic hydroxyl groups is 1. The fourth-order valence-electron chi connectivity index (χ4n) is 1.36. The molecule has 0 heterocycles. The molecule has 0 saturated heterocycles. The van der Waals surface area contributed by atoms with Crippen LogP contribution in [0, 0.1) is 5.92 Å². The van der Waals surface area contributed by atoms with Crippen molar-refractivity contribution < 1.29 is 5.11 Å². The van der Waals surface area contributed by atoms with Crippen molar-refractivity contribution in [2.24, 2.45) is 11.7 Å². The van der Waals surface area contributed by atoms with Crippen molar-refractivity contribution >= 4 is 0 Å². The van der Waals surface area contributed by atoms with Gasteiger partial charge in [-0.3, -0.25) is 0 Å². The topological polar surface area (TPSA) is 46.2 Å². The van der Waals surface area contributed by atoms with E-state index < -0.39 is 5.72 Å². The zero-order valence-corrected chi connectivity index (χ0v) is 5.93. The van der Waals surface area contributed by atoms with Crippen LogP contribution in [0.4, 0.5) is 0 Å². The molecule has 1 saturated carbocycles. The Balaban J connectivity index is 2.49. The van der Waals surface area contributed by atoms with Crippen molar-refractivity contribution in [3.63, 3.8) is 0 Å². The van der Waals surface area contributed by atoms with Crippen molar-refractivity contribution in [1.29, 1.82) is 0 Å². The average Bonchev–Trinajstić information content (AvgIpc) is 1.77. The summed E-state index contributed by atoms with van der Waals surface area (Å²) in [6.45, 7) is 2.01. The second-order valence-corrected chi connectivity index (χ2v) is 3.14. The molecule has 1 aliphatic carbocycles. The summed E-state index contributed by atoms with van der Waals surface area (Å²) in [5.74, 6) is 0.284. The highest BCUT2D eigenvalue weighted by Crippen LogP contribution is 2.28. The molecule has 0 aliphatic heterocycles. The molecule has 0 aromatic carbocycles. The predicted molar refractivity (Wildman–Crippen MR) is 36.8 cm³/mol. The van der Waals surface area contributed by atoms with E-state index in [2.05, 4.69) is 0 Å². The van der Waals surface area contributed by atoms with E-state index >= 15 is 0 Å². The van der Waals surface area contributed by atoms with E-state index in [-0.39, 0.29) is 5.92 Å².